The van der Waals surface area contributed by atoms with Crippen LogP contribution in [-0.2, 0) is 4.84 Å². The summed E-state index contributed by atoms with van der Waals surface area (Å²) in [6.07, 6.45) is 0. The molecule has 0 N–H and O–H groups in total. The van der Waals surface area contributed by atoms with Crippen molar-refractivity contribution in [2.24, 2.45) is 0 Å². The summed E-state index contributed by atoms with van der Waals surface area (Å²) in [5.41, 5.74) is 0.619. The summed E-state index contributed by atoms with van der Waals surface area (Å²) in [5, 5.41) is 0.702. The Morgan fingerprint density at radius 3 is 2.23 bits per heavy atom. The third-order valence-electron chi connectivity index (χ3n) is 4.75. The van der Waals surface area contributed by atoms with Crippen molar-refractivity contribution >= 4 is 76.2 Å². The molecule has 1 aliphatic carbocycles. The molecule has 0 atom stereocenters. The lowest BCUT2D eigenvalue weighted by atomic mass is 9.82. The zero-order valence-corrected chi connectivity index (χ0v) is 17.3. The second-order valence-corrected chi connectivity index (χ2v) is 7.42. The Hall–Kier alpha value is -3.61. The molecule has 4 aromatic rings. The average molecular weight is 471 g/mol. The number of nitrogens with zero attached hydrogens (tertiary/aromatic N) is 1. The Balaban J connectivity index is 1.72. The van der Waals surface area contributed by atoms with Crippen LogP contribution in [0.25, 0.3) is 11.2 Å². The lowest BCUT2D eigenvalue weighted by Gasteiger charge is -2.27. The van der Waals surface area contributed by atoms with Gasteiger partial charge in [-0.1, -0.05) is 24.3 Å². The fraction of sp³-hybridized carbons (Fsp3) is 0. The van der Waals surface area contributed by atoms with Crippen LogP contribution in [0.1, 0.15) is 31.8 Å². The van der Waals surface area contributed by atoms with Crippen LogP contribution >= 0.6 is 36.7 Å². The van der Waals surface area contributed by atoms with Crippen LogP contribution in [0.4, 0.5) is 11.6 Å². The molecular weight excluding hydrogens is 466 g/mol. The molecular formula is C19H5NO8S3. The van der Waals surface area contributed by atoms with Crippen LogP contribution in [0.5, 0.6) is 5.95 Å². The number of fused-ring (bicyclic) bond motifs is 5. The molecule has 0 saturated heterocycles. The molecule has 6 rings (SSSR count). The van der Waals surface area contributed by atoms with Crippen molar-refractivity contribution in [3.05, 3.63) is 62.4 Å². The predicted octanol–water partition coefficient (Wildman–Crippen LogP) is 5.19. The van der Waals surface area contributed by atoms with Gasteiger partial charge in [-0.3, -0.25) is 9.59 Å². The summed E-state index contributed by atoms with van der Waals surface area (Å²) in [5.74, 6) is -1.17. The highest BCUT2D eigenvalue weighted by Crippen LogP contribution is 2.45. The summed E-state index contributed by atoms with van der Waals surface area (Å²) >= 11 is 14.9. The molecule has 2 aromatic carbocycles. The van der Waals surface area contributed by atoms with Gasteiger partial charge in [-0.05, 0) is 0 Å². The SMILES string of the molecule is O=C1c2ccccc2C(=O)c2c1c(N1OC(=S)Oc3oc(=S)oc31)cc1oc(=S)oc21. The van der Waals surface area contributed by atoms with Gasteiger partial charge in [0.1, 0.15) is 5.69 Å². The topological polar surface area (TPSA) is 108 Å². The number of ether oxygens (including phenoxy) is 1. The highest BCUT2D eigenvalue weighted by Gasteiger charge is 2.41. The Morgan fingerprint density at radius 1 is 0.806 bits per heavy atom. The molecule has 1 aliphatic heterocycles. The largest absolute Gasteiger partial charge is 0.413 e. The van der Waals surface area contributed by atoms with Crippen molar-refractivity contribution in [1.82, 2.24) is 0 Å². The lowest BCUT2D eigenvalue weighted by molar-refractivity contribution is 0.0978. The van der Waals surface area contributed by atoms with Crippen molar-refractivity contribution in [3.63, 3.8) is 0 Å². The number of hydrogen-bond donors (Lipinski definition) is 0. The van der Waals surface area contributed by atoms with E-state index in [0.717, 1.165) is 5.06 Å². The highest BCUT2D eigenvalue weighted by atomic mass is 32.1. The molecule has 9 nitrogen and oxygen atoms in total. The van der Waals surface area contributed by atoms with Crippen LogP contribution in [0.3, 0.4) is 0 Å². The van der Waals surface area contributed by atoms with E-state index in [1.165, 1.54) is 6.07 Å². The first kappa shape index (κ1) is 18.2. The van der Waals surface area contributed by atoms with Crippen molar-refractivity contribution < 1.29 is 36.8 Å². The van der Waals surface area contributed by atoms with Gasteiger partial charge in [-0.2, -0.15) is 0 Å². The van der Waals surface area contributed by atoms with Crippen LogP contribution in [-0.4, -0.2) is 16.8 Å². The van der Waals surface area contributed by atoms with Crippen LogP contribution in [0.2, 0.25) is 0 Å². The van der Waals surface area contributed by atoms with E-state index >= 15 is 0 Å². The second kappa shape index (κ2) is 6.20. The van der Waals surface area contributed by atoms with Crippen LogP contribution in [0, 0.1) is 9.81 Å². The first-order chi connectivity index (χ1) is 14.9. The summed E-state index contributed by atoms with van der Waals surface area (Å²) in [6.45, 7) is 0. The zero-order valence-electron chi connectivity index (χ0n) is 14.8. The van der Waals surface area contributed by atoms with Gasteiger partial charge >= 0.3 is 26.9 Å². The van der Waals surface area contributed by atoms with Gasteiger partial charge in [-0.15, -0.1) is 5.06 Å². The Kier molecular flexibility index (Phi) is 3.64. The molecule has 31 heavy (non-hydrogen) atoms. The summed E-state index contributed by atoms with van der Waals surface area (Å²) in [4.78, 5) is 31.9. The van der Waals surface area contributed by atoms with Crippen molar-refractivity contribution in [3.8, 4) is 5.95 Å². The van der Waals surface area contributed by atoms with Gasteiger partial charge in [0.2, 0.25) is 0 Å². The van der Waals surface area contributed by atoms with E-state index in [0.29, 0.717) is 0 Å². The fourth-order valence-electron chi connectivity index (χ4n) is 3.57. The molecule has 12 heteroatoms. The predicted molar refractivity (Wildman–Crippen MR) is 111 cm³/mol. The van der Waals surface area contributed by atoms with Gasteiger partial charge in [0.05, 0.1) is 11.1 Å². The standard InChI is InChI=1S/C19H5NO8S3/c21-12-6-3-1-2-4-7(6)13(22)11-10(12)8(5-9-14(11)24-17(29)23-9)20-15-16(26-18(30)25-15)27-19(31)28-20/h1-5H. The zero-order chi connectivity index (χ0) is 21.4. The lowest BCUT2D eigenvalue weighted by Crippen LogP contribution is -2.32. The first-order valence-corrected chi connectivity index (χ1v) is 9.78. The molecule has 2 aliphatic rings. The van der Waals surface area contributed by atoms with Crippen molar-refractivity contribution in [2.45, 2.75) is 0 Å². The maximum absolute atomic E-state index is 13.5. The monoisotopic (exact) mass is 471 g/mol. The number of carbonyl (C=O) groups is 2. The van der Waals surface area contributed by atoms with E-state index in [1.807, 2.05) is 0 Å². The third kappa shape index (κ3) is 2.49. The van der Waals surface area contributed by atoms with Gasteiger partial charge in [0, 0.05) is 53.8 Å². The van der Waals surface area contributed by atoms with Crippen molar-refractivity contribution in [2.75, 3.05) is 5.06 Å². The molecule has 0 amide bonds. The Labute approximate surface area is 186 Å². The third-order valence-corrected chi connectivity index (χ3v) is 5.24. The van der Waals surface area contributed by atoms with E-state index in [9.17, 15) is 9.59 Å². The van der Waals surface area contributed by atoms with Gasteiger partial charge in [-0.25, -0.2) is 0 Å². The molecule has 0 spiro atoms. The van der Waals surface area contributed by atoms with Crippen molar-refractivity contribution in [1.29, 1.82) is 0 Å². The number of ketones is 2. The second-order valence-electron chi connectivity index (χ2n) is 6.42. The summed E-state index contributed by atoms with van der Waals surface area (Å²) in [6, 6.07) is 7.84. The number of carbonyl (C=O) groups excluding carboxylic acids is 2. The number of rotatable bonds is 1. The normalized spacial score (nSPS) is 14.7. The van der Waals surface area contributed by atoms with Gasteiger partial charge in [0.15, 0.2) is 22.7 Å². The van der Waals surface area contributed by atoms with E-state index in [1.54, 1.807) is 24.3 Å². The number of hydrogen-bond acceptors (Lipinski definition) is 12. The van der Waals surface area contributed by atoms with E-state index < -0.39 is 11.6 Å². The highest BCUT2D eigenvalue weighted by molar-refractivity contribution is 7.79. The maximum Gasteiger partial charge on any atom is 0.386 e. The Bertz CT molecular complexity index is 1600. The molecule has 0 radical (unpaired) electrons. The van der Waals surface area contributed by atoms with Crippen LogP contribution < -0.4 is 9.80 Å². The molecule has 3 heterocycles. The molecule has 0 bridgehead atoms. The van der Waals surface area contributed by atoms with E-state index in [-0.39, 0.29) is 66.0 Å². The minimum Gasteiger partial charge on any atom is -0.413 e. The first-order valence-electron chi connectivity index (χ1n) is 8.55. The fourth-order valence-corrected chi connectivity index (χ4v) is 4.05. The average Bonchev–Trinajstić information content (AvgIpc) is 3.30. The van der Waals surface area contributed by atoms with E-state index in [2.05, 4.69) is 0 Å². The molecule has 0 fully saturated rings. The summed E-state index contributed by atoms with van der Waals surface area (Å²) in [7, 11) is 0. The molecule has 2 aromatic heterocycles. The minimum absolute atomic E-state index is 0.0197. The van der Waals surface area contributed by atoms with Gasteiger partial charge in [0.25, 0.3) is 0 Å². The number of anilines is 2. The molecule has 152 valence electrons. The molecule has 0 unspecified atom stereocenters. The number of benzene rings is 2. The summed E-state index contributed by atoms with van der Waals surface area (Å²) < 4.78 is 26.6. The maximum atomic E-state index is 13.5. The number of thiocarbonyl (C=S) groups is 1. The van der Waals surface area contributed by atoms with E-state index in [4.69, 9.17) is 63.9 Å². The Morgan fingerprint density at radius 2 is 1.48 bits per heavy atom. The van der Waals surface area contributed by atoms with Gasteiger partial charge < -0.3 is 27.2 Å². The quantitative estimate of drug-likeness (QED) is 0.300. The van der Waals surface area contributed by atoms with Crippen LogP contribution in [0.15, 0.2) is 48.0 Å². The smallest absolute Gasteiger partial charge is 0.386 e. The minimum atomic E-state index is -0.450. The molecule has 0 saturated carbocycles.